The van der Waals surface area contributed by atoms with Gasteiger partial charge in [0.05, 0.1) is 23.0 Å². The van der Waals surface area contributed by atoms with E-state index in [1.54, 1.807) is 12.5 Å². The number of para-hydroxylation sites is 4. The quantitative estimate of drug-likeness (QED) is 0.230. The van der Waals surface area contributed by atoms with Crippen molar-refractivity contribution in [3.05, 3.63) is 157 Å². The highest BCUT2D eigenvalue weighted by atomic mass is 16.3. The molecule has 0 fully saturated rings. The third kappa shape index (κ3) is 4.15. The average Bonchev–Trinajstić information content (AvgIpc) is 3.74. The molecular formula is C40H31N3O. The zero-order chi connectivity index (χ0) is 29.6. The van der Waals surface area contributed by atoms with Gasteiger partial charge >= 0.3 is 0 Å². The number of aryl methyl sites for hydroxylation is 1. The van der Waals surface area contributed by atoms with Gasteiger partial charge in [-0.1, -0.05) is 103 Å². The second kappa shape index (κ2) is 10.5. The van der Waals surface area contributed by atoms with Crippen molar-refractivity contribution in [1.29, 1.82) is 0 Å². The molecule has 3 aromatic heterocycles. The predicted octanol–water partition coefficient (Wildman–Crippen LogP) is 10.0. The Kier molecular flexibility index (Phi) is 6.20. The maximum atomic E-state index is 6.06. The molecule has 0 bridgehead atoms. The number of nitrogen functional groups attached to an aromatic ring is 1. The second-order valence-electron chi connectivity index (χ2n) is 11.3. The maximum Gasteiger partial charge on any atom is 0.113 e. The average molecular weight is 570 g/mol. The molecule has 3 heterocycles. The fraction of sp³-hybridized carbons (Fsp3) is 0.0500. The highest BCUT2D eigenvalue weighted by molar-refractivity contribution is 6.20. The Hall–Kier alpha value is -5.74. The Morgan fingerprint density at radius 3 is 2.02 bits per heavy atom. The largest absolute Gasteiger partial charge is 0.470 e. The SMILES string of the molecule is Cn1c2ccccc2c2c3ccccc3ccc21.Nc1cocc1Cc1cccc2c3ccccc3n(-c3ccccc3)c12. The highest BCUT2D eigenvalue weighted by Gasteiger charge is 2.16. The van der Waals surface area contributed by atoms with Crippen LogP contribution in [0.4, 0.5) is 5.69 Å². The topological polar surface area (TPSA) is 49.0 Å². The van der Waals surface area contributed by atoms with Gasteiger partial charge in [0.2, 0.25) is 0 Å². The summed E-state index contributed by atoms with van der Waals surface area (Å²) < 4.78 is 9.89. The first kappa shape index (κ1) is 25.9. The molecule has 212 valence electrons. The number of furan rings is 1. The fourth-order valence-corrected chi connectivity index (χ4v) is 6.69. The lowest BCUT2D eigenvalue weighted by atomic mass is 10.0. The second-order valence-corrected chi connectivity index (χ2v) is 11.3. The molecule has 0 saturated heterocycles. The Labute approximate surface area is 255 Å². The molecule has 2 N–H and O–H groups in total. The van der Waals surface area contributed by atoms with Crippen LogP contribution in [-0.2, 0) is 13.5 Å². The molecule has 0 spiro atoms. The van der Waals surface area contributed by atoms with E-state index in [4.69, 9.17) is 10.2 Å². The van der Waals surface area contributed by atoms with Gasteiger partial charge in [0.25, 0.3) is 0 Å². The van der Waals surface area contributed by atoms with Crippen LogP contribution in [0.3, 0.4) is 0 Å². The number of aromatic nitrogens is 2. The van der Waals surface area contributed by atoms with Crippen molar-refractivity contribution in [2.75, 3.05) is 5.73 Å². The van der Waals surface area contributed by atoms with Gasteiger partial charge in [-0.2, -0.15) is 0 Å². The van der Waals surface area contributed by atoms with Crippen LogP contribution in [0.2, 0.25) is 0 Å². The van der Waals surface area contributed by atoms with Crippen molar-refractivity contribution in [1.82, 2.24) is 9.13 Å². The molecule has 9 aromatic rings. The first-order chi connectivity index (χ1) is 21.7. The summed E-state index contributed by atoms with van der Waals surface area (Å²) in [5, 5.41) is 7.86. The zero-order valence-electron chi connectivity index (χ0n) is 24.4. The van der Waals surface area contributed by atoms with Crippen LogP contribution in [0, 0.1) is 0 Å². The summed E-state index contributed by atoms with van der Waals surface area (Å²) in [6.45, 7) is 0. The summed E-state index contributed by atoms with van der Waals surface area (Å²) in [6, 6.07) is 47.2. The molecule has 6 aromatic carbocycles. The molecule has 0 saturated carbocycles. The van der Waals surface area contributed by atoms with E-state index in [2.05, 4.69) is 144 Å². The smallest absolute Gasteiger partial charge is 0.113 e. The van der Waals surface area contributed by atoms with Gasteiger partial charge in [0.15, 0.2) is 0 Å². The van der Waals surface area contributed by atoms with E-state index in [-0.39, 0.29) is 0 Å². The third-order valence-corrected chi connectivity index (χ3v) is 8.75. The van der Waals surface area contributed by atoms with E-state index in [0.717, 1.165) is 17.7 Å². The summed E-state index contributed by atoms with van der Waals surface area (Å²) in [5.41, 5.74) is 15.2. The molecule has 0 radical (unpaired) electrons. The van der Waals surface area contributed by atoms with Crippen molar-refractivity contribution < 1.29 is 4.42 Å². The van der Waals surface area contributed by atoms with Crippen LogP contribution >= 0.6 is 0 Å². The first-order valence-corrected chi connectivity index (χ1v) is 14.9. The lowest BCUT2D eigenvalue weighted by molar-refractivity contribution is 0.565. The third-order valence-electron chi connectivity index (χ3n) is 8.75. The summed E-state index contributed by atoms with van der Waals surface area (Å²) in [6.07, 6.45) is 4.08. The van der Waals surface area contributed by atoms with Gasteiger partial charge in [0.1, 0.15) is 6.26 Å². The minimum atomic E-state index is 0.698. The Balaban J connectivity index is 0.000000140. The molecule has 4 nitrogen and oxygen atoms in total. The number of hydrogen-bond acceptors (Lipinski definition) is 2. The molecule has 4 heteroatoms. The zero-order valence-corrected chi connectivity index (χ0v) is 24.4. The molecule has 44 heavy (non-hydrogen) atoms. The van der Waals surface area contributed by atoms with Crippen molar-refractivity contribution in [2.24, 2.45) is 7.05 Å². The lowest BCUT2D eigenvalue weighted by Gasteiger charge is -2.11. The van der Waals surface area contributed by atoms with E-state index in [9.17, 15) is 0 Å². The minimum Gasteiger partial charge on any atom is -0.470 e. The van der Waals surface area contributed by atoms with E-state index >= 15 is 0 Å². The predicted molar refractivity (Wildman–Crippen MR) is 185 cm³/mol. The monoisotopic (exact) mass is 569 g/mol. The minimum absolute atomic E-state index is 0.698. The normalized spacial score (nSPS) is 11.5. The van der Waals surface area contributed by atoms with Gasteiger partial charge < -0.3 is 19.3 Å². The number of fused-ring (bicyclic) bond motifs is 8. The van der Waals surface area contributed by atoms with Gasteiger partial charge in [-0.3, -0.25) is 0 Å². The molecule has 0 aliphatic heterocycles. The van der Waals surface area contributed by atoms with Crippen molar-refractivity contribution in [2.45, 2.75) is 6.42 Å². The Bertz CT molecular complexity index is 2440. The molecule has 0 amide bonds. The van der Waals surface area contributed by atoms with Gasteiger partial charge in [-0.05, 0) is 46.7 Å². The summed E-state index contributed by atoms with van der Waals surface area (Å²) in [7, 11) is 2.14. The van der Waals surface area contributed by atoms with E-state index in [1.165, 1.54) is 59.9 Å². The maximum absolute atomic E-state index is 6.06. The van der Waals surface area contributed by atoms with E-state index in [0.29, 0.717) is 5.69 Å². The van der Waals surface area contributed by atoms with Crippen molar-refractivity contribution >= 4 is 60.1 Å². The van der Waals surface area contributed by atoms with E-state index in [1.807, 2.05) is 6.07 Å². The van der Waals surface area contributed by atoms with Crippen molar-refractivity contribution in [3.8, 4) is 5.69 Å². The van der Waals surface area contributed by atoms with E-state index < -0.39 is 0 Å². The number of nitrogens with zero attached hydrogens (tertiary/aromatic N) is 2. The lowest BCUT2D eigenvalue weighted by Crippen LogP contribution is -1.98. The van der Waals surface area contributed by atoms with Gasteiger partial charge in [-0.15, -0.1) is 0 Å². The number of hydrogen-bond donors (Lipinski definition) is 1. The number of nitrogens with two attached hydrogens (primary N) is 1. The van der Waals surface area contributed by atoms with Crippen LogP contribution in [0.5, 0.6) is 0 Å². The molecule has 0 aliphatic carbocycles. The number of benzene rings is 6. The Morgan fingerprint density at radius 1 is 0.545 bits per heavy atom. The van der Waals surface area contributed by atoms with Crippen LogP contribution < -0.4 is 5.73 Å². The highest BCUT2D eigenvalue weighted by Crippen LogP contribution is 2.36. The van der Waals surface area contributed by atoms with Crippen LogP contribution in [0.15, 0.2) is 150 Å². The Morgan fingerprint density at radius 2 is 1.23 bits per heavy atom. The molecule has 0 atom stereocenters. The summed E-state index contributed by atoms with van der Waals surface area (Å²) >= 11 is 0. The van der Waals surface area contributed by atoms with Gasteiger partial charge in [0, 0.05) is 57.3 Å². The van der Waals surface area contributed by atoms with Crippen LogP contribution in [0.1, 0.15) is 11.1 Å². The first-order valence-electron chi connectivity index (χ1n) is 14.9. The number of rotatable bonds is 3. The molecule has 0 unspecified atom stereocenters. The molecule has 9 rings (SSSR count). The number of anilines is 1. The molecular weight excluding hydrogens is 538 g/mol. The van der Waals surface area contributed by atoms with Crippen LogP contribution in [-0.4, -0.2) is 9.13 Å². The standard InChI is InChI=1S/C23H18N2O.C17H13N/c24-21-15-26-14-17(21)13-16-7-6-11-20-19-10-4-5-12-22(19)25(23(16)20)18-8-2-1-3-9-18;1-18-15-9-5-4-8-14(15)17-13-7-3-2-6-12(13)10-11-16(17)18/h1-12,14-15H,13,24H2;2-11H,1H3. The van der Waals surface area contributed by atoms with Crippen molar-refractivity contribution in [3.63, 3.8) is 0 Å². The fourth-order valence-electron chi connectivity index (χ4n) is 6.69. The summed E-state index contributed by atoms with van der Waals surface area (Å²) in [5.74, 6) is 0. The summed E-state index contributed by atoms with van der Waals surface area (Å²) in [4.78, 5) is 0. The van der Waals surface area contributed by atoms with Gasteiger partial charge in [-0.25, -0.2) is 0 Å². The molecule has 0 aliphatic rings. The van der Waals surface area contributed by atoms with Crippen LogP contribution in [0.25, 0.3) is 60.1 Å².